The van der Waals surface area contributed by atoms with Crippen LogP contribution in [0.5, 0.6) is 0 Å². The molecule has 4 rings (SSSR count). The number of rotatable bonds is 2. The number of methoxy groups -OCH3 is 1. The number of benzene rings is 1. The van der Waals surface area contributed by atoms with E-state index in [9.17, 15) is 14.9 Å². The molecule has 8 heteroatoms. The zero-order valence-corrected chi connectivity index (χ0v) is 14.9. The molecule has 0 saturated carbocycles. The second kappa shape index (κ2) is 6.37. The van der Waals surface area contributed by atoms with Gasteiger partial charge in [-0.25, -0.2) is 4.79 Å². The van der Waals surface area contributed by atoms with Gasteiger partial charge in [-0.1, -0.05) is 23.9 Å². The molecule has 0 fully saturated rings. The SMILES string of the molecule is COC(=O)C1=C(N)N2C(=O)c3ccccc3SC2=C(C#N)C1c1ccco1. The largest absolute Gasteiger partial charge is 0.468 e. The number of carbonyl (C=O) groups excluding carboxylic acids is 2. The molecule has 3 heterocycles. The van der Waals surface area contributed by atoms with Crippen molar-refractivity contribution in [2.75, 3.05) is 7.11 Å². The predicted molar refractivity (Wildman–Crippen MR) is 95.8 cm³/mol. The highest BCUT2D eigenvalue weighted by atomic mass is 32.2. The number of nitrogens with two attached hydrogens (primary N) is 1. The number of hydrogen-bond donors (Lipinski definition) is 1. The number of amides is 1. The van der Waals surface area contributed by atoms with E-state index in [0.717, 1.165) is 0 Å². The summed E-state index contributed by atoms with van der Waals surface area (Å²) in [5.41, 5.74) is 6.91. The highest BCUT2D eigenvalue weighted by molar-refractivity contribution is 8.03. The third-order valence-electron chi connectivity index (χ3n) is 4.41. The van der Waals surface area contributed by atoms with Gasteiger partial charge in [0.05, 0.1) is 42.1 Å². The second-order valence-corrected chi connectivity index (χ2v) is 6.84. The van der Waals surface area contributed by atoms with E-state index in [2.05, 4.69) is 6.07 Å². The molecule has 0 saturated heterocycles. The fourth-order valence-corrected chi connectivity index (χ4v) is 4.38. The van der Waals surface area contributed by atoms with E-state index in [0.29, 0.717) is 21.2 Å². The number of esters is 1. The molecule has 0 bridgehead atoms. The van der Waals surface area contributed by atoms with Gasteiger partial charge in [-0.15, -0.1) is 0 Å². The van der Waals surface area contributed by atoms with Crippen LogP contribution in [0.4, 0.5) is 0 Å². The molecule has 1 aromatic carbocycles. The second-order valence-electron chi connectivity index (χ2n) is 5.81. The number of fused-ring (bicyclic) bond motifs is 2. The van der Waals surface area contributed by atoms with Gasteiger partial charge in [0, 0.05) is 4.90 Å². The Kier molecular flexibility index (Phi) is 4.01. The van der Waals surface area contributed by atoms with Crippen LogP contribution in [0.25, 0.3) is 0 Å². The summed E-state index contributed by atoms with van der Waals surface area (Å²) >= 11 is 1.26. The molecule has 1 atom stereocenters. The summed E-state index contributed by atoms with van der Waals surface area (Å²) in [5, 5.41) is 10.2. The molecule has 7 nitrogen and oxygen atoms in total. The van der Waals surface area contributed by atoms with Gasteiger partial charge < -0.3 is 14.9 Å². The van der Waals surface area contributed by atoms with E-state index in [1.165, 1.54) is 30.0 Å². The molecular weight excluding hydrogens is 366 g/mol. The molecule has 1 aromatic heterocycles. The maximum absolute atomic E-state index is 13.1. The van der Waals surface area contributed by atoms with Crippen LogP contribution in [0.3, 0.4) is 0 Å². The average molecular weight is 379 g/mol. The number of hydrogen-bond acceptors (Lipinski definition) is 7. The Labute approximate surface area is 158 Å². The van der Waals surface area contributed by atoms with E-state index in [1.54, 1.807) is 30.3 Å². The van der Waals surface area contributed by atoms with Crippen LogP contribution < -0.4 is 5.73 Å². The molecule has 2 aliphatic rings. The van der Waals surface area contributed by atoms with Crippen molar-refractivity contribution >= 4 is 23.6 Å². The van der Waals surface area contributed by atoms with Gasteiger partial charge in [-0.3, -0.25) is 9.69 Å². The summed E-state index contributed by atoms with van der Waals surface area (Å²) < 4.78 is 10.3. The average Bonchev–Trinajstić information content (AvgIpc) is 3.21. The smallest absolute Gasteiger partial charge is 0.338 e. The van der Waals surface area contributed by atoms with Gasteiger partial charge in [-0.05, 0) is 24.3 Å². The van der Waals surface area contributed by atoms with E-state index < -0.39 is 17.8 Å². The lowest BCUT2D eigenvalue weighted by Gasteiger charge is -2.37. The van der Waals surface area contributed by atoms with Crippen molar-refractivity contribution in [2.45, 2.75) is 10.8 Å². The van der Waals surface area contributed by atoms with Crippen molar-refractivity contribution in [3.05, 3.63) is 76.0 Å². The maximum atomic E-state index is 13.1. The summed E-state index contributed by atoms with van der Waals surface area (Å²) in [6.45, 7) is 0. The standard InChI is InChI=1S/C19H13N3O4S/c1-25-19(24)15-14(12-6-4-8-26-12)11(9-20)18-22(16(15)21)17(23)10-5-2-3-7-13(10)27-18/h2-8,14H,21H2,1H3. The number of furan rings is 1. The lowest BCUT2D eigenvalue weighted by atomic mass is 9.86. The first-order valence-electron chi connectivity index (χ1n) is 7.95. The van der Waals surface area contributed by atoms with E-state index in [4.69, 9.17) is 14.9 Å². The number of allylic oxidation sites excluding steroid dienone is 1. The van der Waals surface area contributed by atoms with Crippen LogP contribution in [0.1, 0.15) is 22.0 Å². The highest BCUT2D eigenvalue weighted by Gasteiger charge is 2.45. The highest BCUT2D eigenvalue weighted by Crippen LogP contribution is 2.49. The molecule has 2 aromatic rings. The van der Waals surface area contributed by atoms with Crippen molar-refractivity contribution in [2.24, 2.45) is 5.73 Å². The Hall–Kier alpha value is -3.44. The number of carbonyl (C=O) groups is 2. The number of thioether (sulfide) groups is 1. The van der Waals surface area contributed by atoms with Crippen LogP contribution in [0.15, 0.2) is 74.0 Å². The quantitative estimate of drug-likeness (QED) is 0.799. The molecule has 0 aliphatic carbocycles. The molecule has 27 heavy (non-hydrogen) atoms. The van der Waals surface area contributed by atoms with Crippen molar-refractivity contribution in [1.29, 1.82) is 5.26 Å². The molecule has 2 N–H and O–H groups in total. The molecule has 1 amide bonds. The zero-order chi connectivity index (χ0) is 19.1. The zero-order valence-electron chi connectivity index (χ0n) is 14.1. The van der Waals surface area contributed by atoms with Gasteiger partial charge in [0.25, 0.3) is 5.91 Å². The Bertz CT molecular complexity index is 1060. The summed E-state index contributed by atoms with van der Waals surface area (Å²) in [5.74, 6) is -1.67. The van der Waals surface area contributed by atoms with E-state index in [-0.39, 0.29) is 17.0 Å². The van der Waals surface area contributed by atoms with Crippen molar-refractivity contribution < 1.29 is 18.7 Å². The molecule has 0 radical (unpaired) electrons. The Morgan fingerprint density at radius 2 is 2.11 bits per heavy atom. The number of nitrogens with zero attached hydrogens (tertiary/aromatic N) is 2. The van der Waals surface area contributed by atoms with Gasteiger partial charge in [0.2, 0.25) is 0 Å². The first-order chi connectivity index (χ1) is 13.1. The van der Waals surface area contributed by atoms with Gasteiger partial charge in [0.1, 0.15) is 16.6 Å². The normalized spacial score (nSPS) is 18.7. The third kappa shape index (κ3) is 2.44. The monoisotopic (exact) mass is 379 g/mol. The molecule has 2 aliphatic heterocycles. The van der Waals surface area contributed by atoms with E-state index in [1.807, 2.05) is 6.07 Å². The van der Waals surface area contributed by atoms with Crippen molar-refractivity contribution in [1.82, 2.24) is 4.90 Å². The summed E-state index contributed by atoms with van der Waals surface area (Å²) in [6, 6.07) is 12.5. The Morgan fingerprint density at radius 1 is 1.33 bits per heavy atom. The summed E-state index contributed by atoms with van der Waals surface area (Å²) in [4.78, 5) is 27.5. The molecular formula is C19H13N3O4S. The molecule has 134 valence electrons. The first kappa shape index (κ1) is 17.0. The lowest BCUT2D eigenvalue weighted by Crippen LogP contribution is -2.42. The third-order valence-corrected chi connectivity index (χ3v) is 5.58. The Morgan fingerprint density at radius 3 is 2.78 bits per heavy atom. The van der Waals surface area contributed by atoms with Gasteiger partial charge >= 0.3 is 5.97 Å². The van der Waals surface area contributed by atoms with Gasteiger partial charge in [0.15, 0.2) is 0 Å². The number of ether oxygens (including phenoxy) is 1. The van der Waals surface area contributed by atoms with Crippen LogP contribution in [-0.4, -0.2) is 23.9 Å². The summed E-state index contributed by atoms with van der Waals surface area (Å²) in [6.07, 6.45) is 1.45. The first-order valence-corrected chi connectivity index (χ1v) is 8.77. The lowest BCUT2D eigenvalue weighted by molar-refractivity contribution is -0.136. The topological polar surface area (TPSA) is 110 Å². The van der Waals surface area contributed by atoms with Crippen LogP contribution in [0.2, 0.25) is 0 Å². The minimum Gasteiger partial charge on any atom is -0.468 e. The fraction of sp³-hybridized carbons (Fsp3) is 0.105. The molecule has 0 spiro atoms. The van der Waals surface area contributed by atoms with Crippen molar-refractivity contribution in [3.63, 3.8) is 0 Å². The van der Waals surface area contributed by atoms with Crippen LogP contribution in [0, 0.1) is 11.3 Å². The van der Waals surface area contributed by atoms with E-state index >= 15 is 0 Å². The minimum absolute atomic E-state index is 0.00100. The van der Waals surface area contributed by atoms with Crippen LogP contribution in [-0.2, 0) is 9.53 Å². The van der Waals surface area contributed by atoms with Crippen molar-refractivity contribution in [3.8, 4) is 6.07 Å². The molecule has 1 unspecified atom stereocenters. The fourth-order valence-electron chi connectivity index (χ4n) is 3.21. The maximum Gasteiger partial charge on any atom is 0.338 e. The predicted octanol–water partition coefficient (Wildman–Crippen LogP) is 2.70. The van der Waals surface area contributed by atoms with Gasteiger partial charge in [-0.2, -0.15) is 5.26 Å². The Balaban J connectivity index is 2.01. The minimum atomic E-state index is -0.853. The summed E-state index contributed by atoms with van der Waals surface area (Å²) in [7, 11) is 1.22. The van der Waals surface area contributed by atoms with Crippen LogP contribution >= 0.6 is 11.8 Å². The number of nitriles is 1.